The smallest absolute Gasteiger partial charge is 0.119 e. The van der Waals surface area contributed by atoms with E-state index < -0.39 is 0 Å². The van der Waals surface area contributed by atoms with Gasteiger partial charge in [0.2, 0.25) is 0 Å². The highest BCUT2D eigenvalue weighted by atomic mass is 16.5. The van der Waals surface area contributed by atoms with E-state index in [1.165, 1.54) is 38.5 Å². The van der Waals surface area contributed by atoms with Gasteiger partial charge in [0.15, 0.2) is 0 Å². The van der Waals surface area contributed by atoms with Crippen LogP contribution in [0.5, 0.6) is 5.75 Å². The summed E-state index contributed by atoms with van der Waals surface area (Å²) >= 11 is 0. The minimum atomic E-state index is 0.842. The largest absolute Gasteiger partial charge is 0.494 e. The van der Waals surface area contributed by atoms with Crippen molar-refractivity contribution < 1.29 is 9.47 Å². The summed E-state index contributed by atoms with van der Waals surface area (Å²) in [6.07, 6.45) is 8.97. The molecular formula is C17H28O2. The molecule has 108 valence electrons. The van der Waals surface area contributed by atoms with Crippen LogP contribution in [0.1, 0.15) is 51.9 Å². The minimum Gasteiger partial charge on any atom is -0.494 e. The summed E-state index contributed by atoms with van der Waals surface area (Å²) < 4.78 is 11.0. The van der Waals surface area contributed by atoms with Crippen molar-refractivity contribution in [3.8, 4) is 5.75 Å². The lowest BCUT2D eigenvalue weighted by Gasteiger charge is -2.05. The molecule has 1 aromatic carbocycles. The topological polar surface area (TPSA) is 18.5 Å². The van der Waals surface area contributed by atoms with Crippen LogP contribution in [-0.2, 0) is 4.74 Å². The maximum Gasteiger partial charge on any atom is 0.119 e. The summed E-state index contributed by atoms with van der Waals surface area (Å²) in [5, 5.41) is 0. The molecule has 0 atom stereocenters. The summed E-state index contributed by atoms with van der Waals surface area (Å²) in [6.45, 7) is 4.68. The molecule has 0 heterocycles. The Kier molecular flexibility index (Phi) is 10.2. The predicted molar refractivity (Wildman–Crippen MR) is 80.7 cm³/mol. The van der Waals surface area contributed by atoms with Gasteiger partial charge in [-0.25, -0.2) is 0 Å². The second kappa shape index (κ2) is 12.0. The van der Waals surface area contributed by atoms with Gasteiger partial charge in [0.25, 0.3) is 0 Å². The molecule has 0 radical (unpaired) electrons. The Hall–Kier alpha value is -1.02. The average Bonchev–Trinajstić information content (AvgIpc) is 2.46. The van der Waals surface area contributed by atoms with Crippen molar-refractivity contribution in [2.24, 2.45) is 0 Å². The Bertz CT molecular complexity index is 285. The van der Waals surface area contributed by atoms with Gasteiger partial charge in [-0.15, -0.1) is 0 Å². The van der Waals surface area contributed by atoms with Gasteiger partial charge in [-0.3, -0.25) is 0 Å². The molecule has 2 nitrogen and oxygen atoms in total. The van der Waals surface area contributed by atoms with Crippen LogP contribution in [0.3, 0.4) is 0 Å². The normalized spacial score (nSPS) is 10.6. The molecule has 0 aromatic heterocycles. The SMILES string of the molecule is CCOCCCCCCCCCOc1ccccc1. The fourth-order valence-electron chi connectivity index (χ4n) is 2.04. The van der Waals surface area contributed by atoms with Gasteiger partial charge in [0, 0.05) is 13.2 Å². The molecule has 0 saturated carbocycles. The number of hydrogen-bond donors (Lipinski definition) is 0. The van der Waals surface area contributed by atoms with Crippen molar-refractivity contribution >= 4 is 0 Å². The molecule has 0 fully saturated rings. The molecule has 0 unspecified atom stereocenters. The first-order chi connectivity index (χ1) is 9.43. The Morgan fingerprint density at radius 2 is 1.32 bits per heavy atom. The third-order valence-electron chi connectivity index (χ3n) is 3.15. The molecule has 19 heavy (non-hydrogen) atoms. The molecule has 0 bridgehead atoms. The molecule has 0 amide bonds. The van der Waals surface area contributed by atoms with E-state index >= 15 is 0 Å². The van der Waals surface area contributed by atoms with Gasteiger partial charge in [0.1, 0.15) is 5.75 Å². The summed E-state index contributed by atoms with van der Waals surface area (Å²) in [6, 6.07) is 10.1. The van der Waals surface area contributed by atoms with Crippen LogP contribution >= 0.6 is 0 Å². The van der Waals surface area contributed by atoms with Crippen LogP contribution in [0, 0.1) is 0 Å². The van der Waals surface area contributed by atoms with Gasteiger partial charge in [-0.2, -0.15) is 0 Å². The Morgan fingerprint density at radius 1 is 0.737 bits per heavy atom. The molecule has 0 saturated heterocycles. The molecule has 0 aliphatic heterocycles. The maximum absolute atomic E-state index is 5.66. The zero-order valence-electron chi connectivity index (χ0n) is 12.3. The molecule has 1 aromatic rings. The van der Waals surface area contributed by atoms with Gasteiger partial charge in [0.05, 0.1) is 6.61 Å². The van der Waals surface area contributed by atoms with Crippen LogP contribution < -0.4 is 4.74 Å². The van der Waals surface area contributed by atoms with E-state index in [4.69, 9.17) is 9.47 Å². The zero-order chi connectivity index (χ0) is 13.6. The summed E-state index contributed by atoms with van der Waals surface area (Å²) in [5.41, 5.74) is 0. The maximum atomic E-state index is 5.66. The molecule has 0 spiro atoms. The highest BCUT2D eigenvalue weighted by Gasteiger charge is 1.94. The number of unbranched alkanes of at least 4 members (excludes halogenated alkanes) is 6. The zero-order valence-corrected chi connectivity index (χ0v) is 12.3. The molecule has 0 N–H and O–H groups in total. The van der Waals surface area contributed by atoms with Crippen LogP contribution in [0.15, 0.2) is 30.3 Å². The Labute approximate surface area is 118 Å². The second-order valence-corrected chi connectivity index (χ2v) is 4.83. The molecular weight excluding hydrogens is 236 g/mol. The number of para-hydroxylation sites is 1. The van der Waals surface area contributed by atoms with E-state index in [0.717, 1.165) is 32.0 Å². The standard InChI is InChI=1S/C17H28O2/c1-2-18-15-11-6-4-3-5-7-12-16-19-17-13-9-8-10-14-17/h8-10,13-14H,2-7,11-12,15-16H2,1H3. The first-order valence-corrected chi connectivity index (χ1v) is 7.69. The van der Waals surface area contributed by atoms with Crippen LogP contribution in [0.2, 0.25) is 0 Å². The van der Waals surface area contributed by atoms with Crippen molar-refractivity contribution in [1.82, 2.24) is 0 Å². The fourth-order valence-corrected chi connectivity index (χ4v) is 2.04. The molecule has 0 aliphatic rings. The lowest BCUT2D eigenvalue weighted by atomic mass is 10.1. The molecule has 1 rings (SSSR count). The third kappa shape index (κ3) is 9.54. The van der Waals surface area contributed by atoms with E-state index in [-0.39, 0.29) is 0 Å². The van der Waals surface area contributed by atoms with Crippen molar-refractivity contribution in [1.29, 1.82) is 0 Å². The van der Waals surface area contributed by atoms with Gasteiger partial charge >= 0.3 is 0 Å². The summed E-state index contributed by atoms with van der Waals surface area (Å²) in [5.74, 6) is 0.985. The lowest BCUT2D eigenvalue weighted by molar-refractivity contribution is 0.143. The first kappa shape index (κ1) is 16.0. The van der Waals surface area contributed by atoms with Crippen LogP contribution in [0.4, 0.5) is 0 Å². The van der Waals surface area contributed by atoms with E-state index in [1.54, 1.807) is 0 Å². The van der Waals surface area contributed by atoms with E-state index in [1.807, 2.05) is 30.3 Å². The van der Waals surface area contributed by atoms with Crippen LogP contribution in [-0.4, -0.2) is 19.8 Å². The van der Waals surface area contributed by atoms with E-state index in [2.05, 4.69) is 6.92 Å². The monoisotopic (exact) mass is 264 g/mol. The minimum absolute atomic E-state index is 0.842. The Morgan fingerprint density at radius 3 is 1.95 bits per heavy atom. The lowest BCUT2D eigenvalue weighted by Crippen LogP contribution is -1.97. The number of hydrogen-bond acceptors (Lipinski definition) is 2. The third-order valence-corrected chi connectivity index (χ3v) is 3.15. The van der Waals surface area contributed by atoms with Gasteiger partial charge in [-0.1, -0.05) is 50.3 Å². The van der Waals surface area contributed by atoms with E-state index in [0.29, 0.717) is 0 Å². The van der Waals surface area contributed by atoms with E-state index in [9.17, 15) is 0 Å². The van der Waals surface area contributed by atoms with Crippen molar-refractivity contribution in [2.45, 2.75) is 51.9 Å². The van der Waals surface area contributed by atoms with Crippen molar-refractivity contribution in [2.75, 3.05) is 19.8 Å². The highest BCUT2D eigenvalue weighted by molar-refractivity contribution is 5.20. The Balaban J connectivity index is 1.79. The number of rotatable bonds is 12. The van der Waals surface area contributed by atoms with Gasteiger partial charge in [-0.05, 0) is 31.9 Å². The summed E-state index contributed by atoms with van der Waals surface area (Å²) in [4.78, 5) is 0. The van der Waals surface area contributed by atoms with Gasteiger partial charge < -0.3 is 9.47 Å². The van der Waals surface area contributed by atoms with Crippen molar-refractivity contribution in [3.05, 3.63) is 30.3 Å². The van der Waals surface area contributed by atoms with Crippen LogP contribution in [0.25, 0.3) is 0 Å². The first-order valence-electron chi connectivity index (χ1n) is 7.69. The summed E-state index contributed by atoms with van der Waals surface area (Å²) in [7, 11) is 0. The second-order valence-electron chi connectivity index (χ2n) is 4.83. The molecule has 2 heteroatoms. The number of benzene rings is 1. The quantitative estimate of drug-likeness (QED) is 0.503. The fraction of sp³-hybridized carbons (Fsp3) is 0.647. The highest BCUT2D eigenvalue weighted by Crippen LogP contribution is 2.11. The average molecular weight is 264 g/mol. The van der Waals surface area contributed by atoms with Crippen molar-refractivity contribution in [3.63, 3.8) is 0 Å². The number of ether oxygens (including phenoxy) is 2. The predicted octanol–water partition coefficient (Wildman–Crippen LogP) is 4.83. The molecule has 0 aliphatic carbocycles.